The summed E-state index contributed by atoms with van der Waals surface area (Å²) in [5.41, 5.74) is 3.83. The Labute approximate surface area is 241 Å². The van der Waals surface area contributed by atoms with Gasteiger partial charge < -0.3 is 19.9 Å². The van der Waals surface area contributed by atoms with Gasteiger partial charge in [-0.25, -0.2) is 14.8 Å². The van der Waals surface area contributed by atoms with E-state index in [1.165, 1.54) is 6.07 Å². The molecule has 4 rings (SSSR count). The van der Waals surface area contributed by atoms with E-state index in [-0.39, 0.29) is 12.3 Å². The third-order valence-electron chi connectivity index (χ3n) is 5.42. The van der Waals surface area contributed by atoms with Crippen LogP contribution in [-0.4, -0.2) is 29.5 Å². The van der Waals surface area contributed by atoms with Crippen LogP contribution in [0, 0.1) is 6.92 Å². The van der Waals surface area contributed by atoms with Gasteiger partial charge in [0.15, 0.2) is 12.5 Å². The molecule has 210 valence electrons. The summed E-state index contributed by atoms with van der Waals surface area (Å²) in [5, 5.41) is 12.8. The average Bonchev–Trinajstić information content (AvgIpc) is 3.00. The third-order valence-corrected chi connectivity index (χ3v) is 5.71. The predicted octanol–water partition coefficient (Wildman–Crippen LogP) is 8.82. The van der Waals surface area contributed by atoms with E-state index in [0.717, 1.165) is 16.9 Å². The zero-order chi connectivity index (χ0) is 29.5. The molecule has 0 aliphatic carbocycles. The third kappa shape index (κ3) is 8.85. The SMILES string of the molecule is C=Nc1nc(-c2ccc(OCc3ccccc3)cc2)c(Cl)cc1NCOc1ccc(C)c(C(=O)O)c1.CC.CC. The maximum atomic E-state index is 11.3. The minimum absolute atomic E-state index is 0.0510. The summed E-state index contributed by atoms with van der Waals surface area (Å²) in [5.74, 6) is 0.506. The van der Waals surface area contributed by atoms with Crippen LogP contribution in [0.5, 0.6) is 11.5 Å². The van der Waals surface area contributed by atoms with Gasteiger partial charge in [-0.2, -0.15) is 0 Å². The van der Waals surface area contributed by atoms with Crippen molar-refractivity contribution in [3.63, 3.8) is 0 Å². The molecule has 8 heteroatoms. The lowest BCUT2D eigenvalue weighted by Gasteiger charge is -2.14. The molecule has 0 atom stereocenters. The second-order valence-corrected chi connectivity index (χ2v) is 8.30. The lowest BCUT2D eigenvalue weighted by molar-refractivity contribution is 0.0695. The van der Waals surface area contributed by atoms with E-state index in [4.69, 9.17) is 21.1 Å². The summed E-state index contributed by atoms with van der Waals surface area (Å²) in [7, 11) is 0. The van der Waals surface area contributed by atoms with Crippen LogP contribution in [-0.2, 0) is 6.61 Å². The van der Waals surface area contributed by atoms with Gasteiger partial charge in [-0.15, -0.1) is 0 Å². The van der Waals surface area contributed by atoms with Crippen molar-refractivity contribution in [2.75, 3.05) is 12.0 Å². The average molecular weight is 562 g/mol. The number of aromatic nitrogens is 1. The maximum Gasteiger partial charge on any atom is 0.336 e. The summed E-state index contributed by atoms with van der Waals surface area (Å²) < 4.78 is 11.5. The highest BCUT2D eigenvalue weighted by atomic mass is 35.5. The van der Waals surface area contributed by atoms with Crippen LogP contribution in [0.2, 0.25) is 5.02 Å². The molecular formula is C32H36ClN3O4. The topological polar surface area (TPSA) is 93.0 Å². The van der Waals surface area contributed by atoms with Gasteiger partial charge in [-0.05, 0) is 67.2 Å². The quantitative estimate of drug-likeness (QED) is 0.148. The second-order valence-electron chi connectivity index (χ2n) is 7.89. The van der Waals surface area contributed by atoms with E-state index in [1.54, 1.807) is 25.1 Å². The number of carboxylic acids is 1. The molecule has 4 aromatic rings. The fraction of sp³-hybridized carbons (Fsp3) is 0.219. The number of hydrogen-bond donors (Lipinski definition) is 2. The van der Waals surface area contributed by atoms with Crippen LogP contribution in [0.3, 0.4) is 0 Å². The van der Waals surface area contributed by atoms with Gasteiger partial charge in [0.2, 0.25) is 0 Å². The number of aromatic carboxylic acids is 1. The van der Waals surface area contributed by atoms with Crippen LogP contribution in [0.25, 0.3) is 11.3 Å². The van der Waals surface area contributed by atoms with Crippen molar-refractivity contribution in [2.45, 2.75) is 41.2 Å². The first-order valence-corrected chi connectivity index (χ1v) is 13.5. The van der Waals surface area contributed by atoms with Crippen molar-refractivity contribution in [1.82, 2.24) is 4.98 Å². The largest absolute Gasteiger partial charge is 0.489 e. The van der Waals surface area contributed by atoms with Gasteiger partial charge >= 0.3 is 5.97 Å². The smallest absolute Gasteiger partial charge is 0.336 e. The van der Waals surface area contributed by atoms with E-state index in [1.807, 2.05) is 82.3 Å². The minimum atomic E-state index is -1.01. The molecule has 0 aliphatic rings. The van der Waals surface area contributed by atoms with E-state index >= 15 is 0 Å². The number of benzene rings is 3. The summed E-state index contributed by atoms with van der Waals surface area (Å²) >= 11 is 6.54. The predicted molar refractivity (Wildman–Crippen MR) is 165 cm³/mol. The molecule has 0 fully saturated rings. The lowest BCUT2D eigenvalue weighted by atomic mass is 10.1. The summed E-state index contributed by atoms with van der Waals surface area (Å²) in [6, 6.07) is 24.0. The maximum absolute atomic E-state index is 11.3. The van der Waals surface area contributed by atoms with E-state index < -0.39 is 5.97 Å². The Bertz CT molecular complexity index is 1380. The zero-order valence-electron chi connectivity index (χ0n) is 23.6. The Morgan fingerprint density at radius 3 is 2.23 bits per heavy atom. The molecule has 0 amide bonds. The number of halogens is 1. The molecule has 0 unspecified atom stereocenters. The molecule has 0 saturated heterocycles. The molecule has 1 heterocycles. The van der Waals surface area contributed by atoms with Crippen molar-refractivity contribution in [3.05, 3.63) is 101 Å². The normalized spacial score (nSPS) is 9.75. The highest BCUT2D eigenvalue weighted by Gasteiger charge is 2.13. The summed E-state index contributed by atoms with van der Waals surface area (Å²) in [6.07, 6.45) is 0. The van der Waals surface area contributed by atoms with Gasteiger partial charge in [-0.3, -0.25) is 0 Å². The number of carboxylic acid groups (broad SMARTS) is 1. The Morgan fingerprint density at radius 1 is 0.950 bits per heavy atom. The number of aryl methyl sites for hydroxylation is 1. The fourth-order valence-corrected chi connectivity index (χ4v) is 3.76. The molecule has 7 nitrogen and oxygen atoms in total. The lowest BCUT2D eigenvalue weighted by Crippen LogP contribution is -2.10. The Morgan fingerprint density at radius 2 is 1.60 bits per heavy atom. The molecule has 0 spiro atoms. The van der Waals surface area contributed by atoms with E-state index in [0.29, 0.717) is 40.1 Å². The van der Waals surface area contributed by atoms with Crippen molar-refractivity contribution >= 4 is 35.8 Å². The van der Waals surface area contributed by atoms with Crippen molar-refractivity contribution in [2.24, 2.45) is 4.99 Å². The number of ether oxygens (including phenoxy) is 2. The molecule has 2 N–H and O–H groups in total. The summed E-state index contributed by atoms with van der Waals surface area (Å²) in [6.45, 7) is 13.9. The highest BCUT2D eigenvalue weighted by molar-refractivity contribution is 6.33. The van der Waals surface area contributed by atoms with E-state index in [9.17, 15) is 9.90 Å². The standard InChI is InChI=1S/C28H24ClN3O4.2C2H6/c1-18-8-11-22(14-23(18)28(33)34)36-17-31-25-15-24(29)26(32-27(25)30-2)20-9-12-21(13-10-20)35-16-19-6-4-3-5-7-19;2*1-2/h3-15,31H,2,16-17H2,1H3,(H,33,34);2*1-2H3. The Kier molecular flexibility index (Phi) is 13.2. The number of hydrogen-bond acceptors (Lipinski definition) is 6. The first kappa shape index (κ1) is 31.9. The Balaban J connectivity index is 0.00000134. The molecule has 3 aromatic carbocycles. The second kappa shape index (κ2) is 16.6. The number of nitrogens with zero attached hydrogens (tertiary/aromatic N) is 2. The van der Waals surface area contributed by atoms with Gasteiger partial charge in [0.25, 0.3) is 0 Å². The Hall–Kier alpha value is -4.36. The molecule has 0 bridgehead atoms. The number of anilines is 1. The molecular weight excluding hydrogens is 526 g/mol. The van der Waals surface area contributed by atoms with Gasteiger partial charge in [0.05, 0.1) is 22.0 Å². The van der Waals surface area contributed by atoms with Crippen molar-refractivity contribution in [3.8, 4) is 22.8 Å². The van der Waals surface area contributed by atoms with Crippen LogP contribution >= 0.6 is 11.6 Å². The molecule has 40 heavy (non-hydrogen) atoms. The van der Waals surface area contributed by atoms with Crippen molar-refractivity contribution < 1.29 is 19.4 Å². The van der Waals surface area contributed by atoms with Crippen LogP contribution in [0.1, 0.15) is 49.2 Å². The van der Waals surface area contributed by atoms with Gasteiger partial charge in [0.1, 0.15) is 18.1 Å². The fourth-order valence-electron chi connectivity index (χ4n) is 3.50. The monoisotopic (exact) mass is 561 g/mol. The molecule has 0 radical (unpaired) electrons. The van der Waals surface area contributed by atoms with Crippen LogP contribution < -0.4 is 14.8 Å². The first-order chi connectivity index (χ1) is 19.4. The zero-order valence-corrected chi connectivity index (χ0v) is 24.3. The number of rotatable bonds is 10. The highest BCUT2D eigenvalue weighted by Crippen LogP contribution is 2.34. The number of aliphatic imine (C=N–C) groups is 1. The number of nitrogens with one attached hydrogen (secondary N) is 1. The van der Waals surface area contributed by atoms with Crippen LogP contribution in [0.15, 0.2) is 83.9 Å². The first-order valence-electron chi connectivity index (χ1n) is 13.1. The molecule has 0 saturated carbocycles. The minimum Gasteiger partial charge on any atom is -0.489 e. The molecule has 0 aliphatic heterocycles. The van der Waals surface area contributed by atoms with Gasteiger partial charge in [0, 0.05) is 5.56 Å². The number of carbonyl (C=O) groups is 1. The summed E-state index contributed by atoms with van der Waals surface area (Å²) in [4.78, 5) is 19.9. The van der Waals surface area contributed by atoms with Crippen molar-refractivity contribution in [1.29, 1.82) is 0 Å². The van der Waals surface area contributed by atoms with Crippen LogP contribution in [0.4, 0.5) is 11.5 Å². The number of pyridine rings is 1. The van der Waals surface area contributed by atoms with E-state index in [2.05, 4.69) is 22.0 Å². The van der Waals surface area contributed by atoms with Gasteiger partial charge in [-0.1, -0.05) is 75.7 Å². The molecule has 1 aromatic heterocycles.